The Labute approximate surface area is 212 Å². The Morgan fingerprint density at radius 2 is 1.95 bits per heavy atom. The molecule has 5 rings (SSSR count). The molecule has 0 bridgehead atoms. The lowest BCUT2D eigenvalue weighted by Crippen LogP contribution is -2.54. The first kappa shape index (κ1) is 25.5. The van der Waals surface area contributed by atoms with E-state index < -0.39 is 53.6 Å². The zero-order valence-corrected chi connectivity index (χ0v) is 20.6. The monoisotopic (exact) mass is 533 g/mol. The molecule has 38 heavy (non-hydrogen) atoms. The molecule has 1 fully saturated rings. The Hall–Kier alpha value is -4.16. The summed E-state index contributed by atoms with van der Waals surface area (Å²) in [6, 6.07) is 5.14. The highest BCUT2D eigenvalue weighted by Gasteiger charge is 2.60. The molecule has 2 atom stereocenters. The highest BCUT2D eigenvalue weighted by Crippen LogP contribution is 2.43. The molecule has 0 aliphatic carbocycles. The van der Waals surface area contributed by atoms with Crippen LogP contribution in [0.15, 0.2) is 50.7 Å². The highest BCUT2D eigenvalue weighted by molar-refractivity contribution is 5.91. The molecule has 4 aromatic rings. The molecular weight excluding hydrogens is 510 g/mol. The van der Waals surface area contributed by atoms with Gasteiger partial charge in [-0.1, -0.05) is 12.1 Å². The Morgan fingerprint density at radius 1 is 1.21 bits per heavy atom. The smallest absolute Gasteiger partial charge is 0.413 e. The van der Waals surface area contributed by atoms with Crippen molar-refractivity contribution in [2.45, 2.75) is 38.0 Å². The molecule has 1 aliphatic heterocycles. The molecule has 1 aliphatic rings. The third-order valence-corrected chi connectivity index (χ3v) is 7.17. The Bertz CT molecular complexity index is 1710. The molecule has 200 valence electrons. The van der Waals surface area contributed by atoms with Gasteiger partial charge in [-0.2, -0.15) is 18.3 Å². The SMILES string of the molecule is CC(=O)N1CC[C@](n2cc3c(NC(C)c4cccc5c(F)coc45)nn(C)c(=O)c3cc2=O)(C(F)(F)F)C1. The number of nitrogens with one attached hydrogen (secondary N) is 1. The van der Waals surface area contributed by atoms with E-state index in [1.165, 1.54) is 7.05 Å². The molecule has 1 unspecified atom stereocenters. The third kappa shape index (κ3) is 3.84. The van der Waals surface area contributed by atoms with Crippen LogP contribution in [-0.2, 0) is 17.4 Å². The summed E-state index contributed by atoms with van der Waals surface area (Å²) >= 11 is 0. The maximum atomic E-state index is 14.5. The van der Waals surface area contributed by atoms with Crippen LogP contribution in [0.5, 0.6) is 0 Å². The van der Waals surface area contributed by atoms with Crippen LogP contribution >= 0.6 is 0 Å². The number of pyridine rings is 1. The number of aryl methyl sites for hydroxylation is 1. The fourth-order valence-corrected chi connectivity index (χ4v) is 5.06. The second kappa shape index (κ2) is 8.71. The normalized spacial score (nSPS) is 18.9. The van der Waals surface area contributed by atoms with Crippen LogP contribution in [0.3, 0.4) is 0 Å². The lowest BCUT2D eigenvalue weighted by Gasteiger charge is -2.34. The predicted octanol–water partition coefficient (Wildman–Crippen LogP) is 3.66. The number of likely N-dealkylation sites (tertiary alicyclic amines) is 1. The second-order valence-electron chi connectivity index (χ2n) is 9.48. The fourth-order valence-electron chi connectivity index (χ4n) is 5.06. The number of anilines is 1. The van der Waals surface area contributed by atoms with E-state index in [-0.39, 0.29) is 34.1 Å². The summed E-state index contributed by atoms with van der Waals surface area (Å²) in [7, 11) is 1.35. The van der Waals surface area contributed by atoms with E-state index in [2.05, 4.69) is 10.4 Å². The molecule has 1 amide bonds. The van der Waals surface area contributed by atoms with E-state index in [1.54, 1.807) is 25.1 Å². The number of nitrogens with zero attached hydrogens (tertiary/aromatic N) is 4. The molecule has 9 nitrogen and oxygen atoms in total. The van der Waals surface area contributed by atoms with Crippen LogP contribution in [0.25, 0.3) is 21.7 Å². The number of carbonyl (C=O) groups is 1. The van der Waals surface area contributed by atoms with E-state index in [1.807, 2.05) is 0 Å². The Morgan fingerprint density at radius 3 is 2.61 bits per heavy atom. The van der Waals surface area contributed by atoms with Gasteiger partial charge in [0.15, 0.2) is 17.2 Å². The van der Waals surface area contributed by atoms with E-state index in [0.717, 1.165) is 35.0 Å². The van der Waals surface area contributed by atoms with Crippen LogP contribution in [0.2, 0.25) is 0 Å². The molecule has 0 spiro atoms. The van der Waals surface area contributed by atoms with Gasteiger partial charge in [0.25, 0.3) is 11.1 Å². The van der Waals surface area contributed by atoms with Crippen molar-refractivity contribution in [3.05, 3.63) is 68.8 Å². The molecule has 3 aromatic heterocycles. The number of alkyl halides is 3. The van der Waals surface area contributed by atoms with Crippen molar-refractivity contribution < 1.29 is 26.8 Å². The number of rotatable bonds is 4. The van der Waals surface area contributed by atoms with Crippen LogP contribution in [0, 0.1) is 5.82 Å². The van der Waals surface area contributed by atoms with Gasteiger partial charge in [0, 0.05) is 43.7 Å². The number of carbonyl (C=O) groups excluding carboxylic acids is 1. The van der Waals surface area contributed by atoms with Crippen LogP contribution in [-0.4, -0.2) is 44.4 Å². The standard InChI is InChI=1S/C25H23F4N5O4/c1-13(15-5-4-6-16-19(26)11-38-21(15)16)30-22-18-10-34(20(36)9-17(18)23(37)32(3)31-22)24(25(27,28)29)7-8-33(12-24)14(2)35/h4-6,9-11,13H,7-8,12H2,1-3H3,(H,30,31)/t13?,24-/m1/s1. The molecule has 13 heteroatoms. The molecular formula is C25H23F4N5O4. The predicted molar refractivity (Wildman–Crippen MR) is 130 cm³/mol. The third-order valence-electron chi connectivity index (χ3n) is 7.17. The summed E-state index contributed by atoms with van der Waals surface area (Å²) in [4.78, 5) is 38.7. The Balaban J connectivity index is 1.68. The zero-order valence-electron chi connectivity index (χ0n) is 20.6. The molecule has 1 aromatic carbocycles. The summed E-state index contributed by atoms with van der Waals surface area (Å²) in [5, 5.41) is 7.39. The first-order valence-corrected chi connectivity index (χ1v) is 11.7. The van der Waals surface area contributed by atoms with Crippen molar-refractivity contribution in [1.29, 1.82) is 0 Å². The number of hydrogen-bond donors (Lipinski definition) is 1. The van der Waals surface area contributed by atoms with Crippen molar-refractivity contribution in [3.8, 4) is 0 Å². The van der Waals surface area contributed by atoms with Crippen molar-refractivity contribution >= 4 is 33.5 Å². The van der Waals surface area contributed by atoms with Gasteiger partial charge in [-0.25, -0.2) is 9.07 Å². The van der Waals surface area contributed by atoms with Crippen molar-refractivity contribution in [1.82, 2.24) is 19.2 Å². The van der Waals surface area contributed by atoms with Crippen LogP contribution in [0.1, 0.15) is 31.9 Å². The van der Waals surface area contributed by atoms with Crippen LogP contribution < -0.4 is 16.4 Å². The van der Waals surface area contributed by atoms with Crippen molar-refractivity contribution in [3.63, 3.8) is 0 Å². The van der Waals surface area contributed by atoms with Gasteiger partial charge in [-0.3, -0.25) is 19.0 Å². The second-order valence-corrected chi connectivity index (χ2v) is 9.48. The lowest BCUT2D eigenvalue weighted by molar-refractivity contribution is -0.211. The number of aromatic nitrogens is 3. The van der Waals surface area contributed by atoms with Gasteiger partial charge in [0.1, 0.15) is 11.8 Å². The van der Waals surface area contributed by atoms with Crippen LogP contribution in [0.4, 0.5) is 23.4 Å². The average molecular weight is 533 g/mol. The highest BCUT2D eigenvalue weighted by atomic mass is 19.4. The fraction of sp³-hybridized carbons (Fsp3) is 0.360. The summed E-state index contributed by atoms with van der Waals surface area (Å²) < 4.78 is 64.5. The molecule has 4 heterocycles. The minimum Gasteiger partial charge on any atom is -0.461 e. The quantitative estimate of drug-likeness (QED) is 0.402. The Kier molecular flexibility index (Phi) is 5.84. The minimum absolute atomic E-state index is 0.0118. The van der Waals surface area contributed by atoms with E-state index in [9.17, 15) is 31.9 Å². The van der Waals surface area contributed by atoms with E-state index >= 15 is 0 Å². The van der Waals surface area contributed by atoms with Gasteiger partial charge in [-0.15, -0.1) is 0 Å². The van der Waals surface area contributed by atoms with E-state index in [4.69, 9.17) is 4.42 Å². The summed E-state index contributed by atoms with van der Waals surface area (Å²) in [5.74, 6) is -1.05. The minimum atomic E-state index is -4.87. The lowest BCUT2D eigenvalue weighted by atomic mass is 9.96. The van der Waals surface area contributed by atoms with Gasteiger partial charge in [-0.05, 0) is 19.4 Å². The first-order chi connectivity index (χ1) is 17.8. The summed E-state index contributed by atoms with van der Waals surface area (Å²) in [6.07, 6.45) is -3.44. The van der Waals surface area contributed by atoms with Crippen molar-refractivity contribution in [2.24, 2.45) is 7.05 Å². The van der Waals surface area contributed by atoms with Gasteiger partial charge >= 0.3 is 6.18 Å². The summed E-state index contributed by atoms with van der Waals surface area (Å²) in [6.45, 7) is 1.96. The number of benzene rings is 1. The molecule has 0 saturated carbocycles. The van der Waals surface area contributed by atoms with Crippen molar-refractivity contribution in [2.75, 3.05) is 18.4 Å². The zero-order chi connectivity index (χ0) is 27.6. The van der Waals surface area contributed by atoms with Gasteiger partial charge in [0.05, 0.1) is 23.4 Å². The number of halogens is 4. The maximum Gasteiger partial charge on any atom is 0.413 e. The van der Waals surface area contributed by atoms with Gasteiger partial charge < -0.3 is 14.6 Å². The van der Waals surface area contributed by atoms with E-state index in [0.29, 0.717) is 10.1 Å². The first-order valence-electron chi connectivity index (χ1n) is 11.7. The molecule has 1 N–H and O–H groups in total. The largest absolute Gasteiger partial charge is 0.461 e. The molecule has 0 radical (unpaired) electrons. The molecule has 1 saturated heterocycles. The number of hydrogen-bond acceptors (Lipinski definition) is 6. The number of fused-ring (bicyclic) bond motifs is 2. The maximum absolute atomic E-state index is 14.5. The number of furan rings is 1. The van der Waals surface area contributed by atoms with Gasteiger partial charge in [0.2, 0.25) is 5.91 Å². The average Bonchev–Trinajstić information content (AvgIpc) is 3.47. The number of para-hydroxylation sites is 1. The number of amides is 1. The summed E-state index contributed by atoms with van der Waals surface area (Å²) in [5.41, 5.74) is -3.55. The topological polar surface area (TPSA) is 102 Å².